The lowest BCUT2D eigenvalue weighted by atomic mass is 9.96. The summed E-state index contributed by atoms with van der Waals surface area (Å²) in [5, 5.41) is 12.8. The molecule has 3 aromatic rings. The molecule has 1 fully saturated rings. The van der Waals surface area contributed by atoms with Gasteiger partial charge in [-0.15, -0.1) is 15.3 Å². The van der Waals surface area contributed by atoms with Gasteiger partial charge in [-0.05, 0) is 18.9 Å². The van der Waals surface area contributed by atoms with Crippen LogP contribution in [0.2, 0.25) is 0 Å². The van der Waals surface area contributed by atoms with Gasteiger partial charge in [0.05, 0.1) is 13.3 Å². The first-order chi connectivity index (χ1) is 11.8. The third-order valence-electron chi connectivity index (χ3n) is 4.28. The third-order valence-corrected chi connectivity index (χ3v) is 4.28. The van der Waals surface area contributed by atoms with Crippen LogP contribution in [-0.4, -0.2) is 50.0 Å². The Morgan fingerprint density at radius 1 is 1.21 bits per heavy atom. The van der Waals surface area contributed by atoms with Crippen LogP contribution in [0.25, 0.3) is 5.65 Å². The van der Waals surface area contributed by atoms with E-state index in [2.05, 4.69) is 25.3 Å². The van der Waals surface area contributed by atoms with Gasteiger partial charge in [0, 0.05) is 25.1 Å². The van der Waals surface area contributed by atoms with Crippen molar-refractivity contribution >= 4 is 11.5 Å². The Morgan fingerprint density at radius 2 is 2.04 bits per heavy atom. The summed E-state index contributed by atoms with van der Waals surface area (Å²) < 4.78 is 20.7. The number of hydrogen-bond acceptors (Lipinski definition) is 7. The summed E-state index contributed by atoms with van der Waals surface area (Å²) in [5.41, 5.74) is 0.690. The normalized spacial score (nSPS) is 15.8. The molecule has 0 unspecified atom stereocenters. The molecule has 9 heteroatoms. The quantitative estimate of drug-likeness (QED) is 0.719. The average molecular weight is 329 g/mol. The van der Waals surface area contributed by atoms with Crippen LogP contribution < -0.4 is 9.64 Å². The smallest absolute Gasteiger partial charge is 0.231 e. The molecule has 0 saturated carbocycles. The number of halogens is 1. The lowest BCUT2D eigenvalue weighted by molar-refractivity contribution is 0.386. The molecule has 0 aliphatic carbocycles. The molecule has 0 N–H and O–H groups in total. The molecular formula is C15H16FN7O. The highest BCUT2D eigenvalue weighted by atomic mass is 19.1. The predicted octanol–water partition coefficient (Wildman–Crippen LogP) is 1.45. The van der Waals surface area contributed by atoms with Crippen molar-refractivity contribution in [3.63, 3.8) is 0 Å². The second-order valence-electron chi connectivity index (χ2n) is 5.66. The fourth-order valence-electron chi connectivity index (χ4n) is 3.04. The summed E-state index contributed by atoms with van der Waals surface area (Å²) in [4.78, 5) is 9.67. The first-order valence-electron chi connectivity index (χ1n) is 7.73. The molecule has 24 heavy (non-hydrogen) atoms. The van der Waals surface area contributed by atoms with Gasteiger partial charge >= 0.3 is 0 Å². The topological polar surface area (TPSA) is 81.3 Å². The SMILES string of the molecule is COc1ccc2nnc(C3CCN(c4ncncc4F)CC3)n2n1. The minimum Gasteiger partial charge on any atom is -0.480 e. The Bertz CT molecular complexity index is 860. The van der Waals surface area contributed by atoms with Crippen LogP contribution in [0.4, 0.5) is 10.2 Å². The van der Waals surface area contributed by atoms with Gasteiger partial charge in [0.2, 0.25) is 5.88 Å². The van der Waals surface area contributed by atoms with E-state index in [0.717, 1.165) is 18.7 Å². The fraction of sp³-hybridized carbons (Fsp3) is 0.400. The van der Waals surface area contributed by atoms with Crippen LogP contribution in [-0.2, 0) is 0 Å². The highest BCUT2D eigenvalue weighted by Gasteiger charge is 2.27. The first kappa shape index (κ1) is 14.7. The van der Waals surface area contributed by atoms with Crippen LogP contribution in [0.5, 0.6) is 5.88 Å². The van der Waals surface area contributed by atoms with Crippen LogP contribution in [0.3, 0.4) is 0 Å². The molecule has 0 aromatic carbocycles. The monoisotopic (exact) mass is 329 g/mol. The molecule has 0 radical (unpaired) electrons. The second kappa shape index (κ2) is 5.99. The molecule has 0 bridgehead atoms. The lowest BCUT2D eigenvalue weighted by Gasteiger charge is -2.31. The van der Waals surface area contributed by atoms with E-state index < -0.39 is 5.82 Å². The first-order valence-corrected chi connectivity index (χ1v) is 7.73. The van der Waals surface area contributed by atoms with E-state index in [0.29, 0.717) is 30.4 Å². The summed E-state index contributed by atoms with van der Waals surface area (Å²) in [6, 6.07) is 3.59. The van der Waals surface area contributed by atoms with E-state index in [1.54, 1.807) is 17.7 Å². The zero-order valence-electron chi connectivity index (χ0n) is 13.1. The van der Waals surface area contributed by atoms with E-state index in [-0.39, 0.29) is 5.92 Å². The third kappa shape index (κ3) is 2.51. The molecule has 4 rings (SSSR count). The highest BCUT2D eigenvalue weighted by molar-refractivity contribution is 5.40. The number of anilines is 1. The van der Waals surface area contributed by atoms with Crippen LogP contribution >= 0.6 is 0 Å². The van der Waals surface area contributed by atoms with Gasteiger partial charge < -0.3 is 9.64 Å². The molecular weight excluding hydrogens is 313 g/mol. The number of methoxy groups -OCH3 is 1. The fourth-order valence-corrected chi connectivity index (χ4v) is 3.04. The average Bonchev–Trinajstić information content (AvgIpc) is 3.05. The van der Waals surface area contributed by atoms with Crippen molar-refractivity contribution < 1.29 is 9.13 Å². The predicted molar refractivity (Wildman–Crippen MR) is 83.5 cm³/mol. The van der Waals surface area contributed by atoms with E-state index in [1.165, 1.54) is 12.5 Å². The Labute approximate surface area is 137 Å². The summed E-state index contributed by atoms with van der Waals surface area (Å²) >= 11 is 0. The molecule has 4 heterocycles. The molecule has 3 aromatic heterocycles. The van der Waals surface area contributed by atoms with Gasteiger partial charge in [-0.1, -0.05) is 0 Å². The maximum absolute atomic E-state index is 13.8. The molecule has 0 amide bonds. The van der Waals surface area contributed by atoms with E-state index in [4.69, 9.17) is 4.74 Å². The van der Waals surface area contributed by atoms with Gasteiger partial charge in [0.1, 0.15) is 6.33 Å². The minimum absolute atomic E-state index is 0.209. The Hall–Kier alpha value is -2.84. The number of nitrogens with zero attached hydrogens (tertiary/aromatic N) is 7. The molecule has 0 atom stereocenters. The van der Waals surface area contributed by atoms with Crippen molar-refractivity contribution in [3.05, 3.63) is 36.3 Å². The Balaban J connectivity index is 1.55. The summed E-state index contributed by atoms with van der Waals surface area (Å²) in [5.74, 6) is 1.50. The van der Waals surface area contributed by atoms with E-state index >= 15 is 0 Å². The van der Waals surface area contributed by atoms with E-state index in [1.807, 2.05) is 11.0 Å². The number of aromatic nitrogens is 6. The molecule has 0 spiro atoms. The summed E-state index contributed by atoms with van der Waals surface area (Å²) in [6.45, 7) is 1.38. The molecule has 124 valence electrons. The van der Waals surface area contributed by atoms with Gasteiger partial charge in [-0.2, -0.15) is 4.52 Å². The largest absolute Gasteiger partial charge is 0.480 e. The summed E-state index contributed by atoms with van der Waals surface area (Å²) in [7, 11) is 1.58. The molecule has 1 aliphatic heterocycles. The van der Waals surface area contributed by atoms with Gasteiger partial charge in [0.15, 0.2) is 23.1 Å². The van der Waals surface area contributed by atoms with Crippen molar-refractivity contribution in [1.82, 2.24) is 29.8 Å². The number of ether oxygens (including phenoxy) is 1. The maximum atomic E-state index is 13.8. The van der Waals surface area contributed by atoms with E-state index in [9.17, 15) is 4.39 Å². The maximum Gasteiger partial charge on any atom is 0.231 e. The van der Waals surface area contributed by atoms with Crippen LogP contribution in [0, 0.1) is 5.82 Å². The lowest BCUT2D eigenvalue weighted by Crippen LogP contribution is -2.34. The Morgan fingerprint density at radius 3 is 2.79 bits per heavy atom. The Kier molecular flexibility index (Phi) is 3.68. The van der Waals surface area contributed by atoms with Crippen molar-refractivity contribution in [2.75, 3.05) is 25.1 Å². The molecule has 1 saturated heterocycles. The highest BCUT2D eigenvalue weighted by Crippen LogP contribution is 2.29. The minimum atomic E-state index is -0.393. The van der Waals surface area contributed by atoms with Crippen molar-refractivity contribution in [3.8, 4) is 5.88 Å². The standard InChI is InChI=1S/C15H16FN7O/c1-24-13-3-2-12-19-20-14(23(12)21-13)10-4-6-22(7-5-10)15-11(16)8-17-9-18-15/h2-3,8-10H,4-7H2,1H3. The zero-order chi connectivity index (χ0) is 16.5. The van der Waals surface area contributed by atoms with Gasteiger partial charge in [0.25, 0.3) is 0 Å². The van der Waals surface area contributed by atoms with Gasteiger partial charge in [-0.3, -0.25) is 0 Å². The summed E-state index contributed by atoms with van der Waals surface area (Å²) in [6.07, 6.45) is 4.20. The molecule has 1 aliphatic rings. The number of rotatable bonds is 3. The molecule has 8 nitrogen and oxygen atoms in total. The van der Waals surface area contributed by atoms with Crippen molar-refractivity contribution in [1.29, 1.82) is 0 Å². The van der Waals surface area contributed by atoms with Gasteiger partial charge in [-0.25, -0.2) is 14.4 Å². The zero-order valence-corrected chi connectivity index (χ0v) is 13.1. The second-order valence-corrected chi connectivity index (χ2v) is 5.66. The van der Waals surface area contributed by atoms with Crippen molar-refractivity contribution in [2.24, 2.45) is 0 Å². The van der Waals surface area contributed by atoms with Crippen LogP contribution in [0.1, 0.15) is 24.6 Å². The number of piperidine rings is 1. The van der Waals surface area contributed by atoms with Crippen LogP contribution in [0.15, 0.2) is 24.7 Å². The number of fused-ring (bicyclic) bond motifs is 1. The van der Waals surface area contributed by atoms with Crippen molar-refractivity contribution in [2.45, 2.75) is 18.8 Å². The number of hydrogen-bond donors (Lipinski definition) is 0.